The zero-order valence-corrected chi connectivity index (χ0v) is 12.8. The molecule has 0 unspecified atom stereocenters. The van der Waals surface area contributed by atoms with Crippen molar-refractivity contribution in [3.8, 4) is 0 Å². The molecule has 2 rings (SSSR count). The standard InChI is InChI=1S/C16H19NO3S/c1-20-9-8-12-4-2-3-5-15(12)17-11-14-7-6-13(21-14)10-16(18)19/h2-7,17H,8-11H2,1H3,(H,18,19). The van der Waals surface area contributed by atoms with Gasteiger partial charge >= 0.3 is 5.97 Å². The second-order valence-electron chi connectivity index (χ2n) is 4.69. The van der Waals surface area contributed by atoms with Crippen molar-refractivity contribution in [1.29, 1.82) is 0 Å². The van der Waals surface area contributed by atoms with Crippen LogP contribution >= 0.6 is 11.3 Å². The molecule has 0 saturated carbocycles. The molecule has 21 heavy (non-hydrogen) atoms. The van der Waals surface area contributed by atoms with Crippen LogP contribution in [0.25, 0.3) is 0 Å². The lowest BCUT2D eigenvalue weighted by Gasteiger charge is -2.11. The molecule has 1 aromatic carbocycles. The third-order valence-electron chi connectivity index (χ3n) is 3.09. The number of thiophene rings is 1. The van der Waals surface area contributed by atoms with Crippen molar-refractivity contribution in [3.63, 3.8) is 0 Å². The van der Waals surface area contributed by atoms with Crippen molar-refractivity contribution >= 4 is 23.0 Å². The zero-order valence-electron chi connectivity index (χ0n) is 12.0. The van der Waals surface area contributed by atoms with Gasteiger partial charge in [0.15, 0.2) is 0 Å². The molecule has 4 nitrogen and oxygen atoms in total. The summed E-state index contributed by atoms with van der Waals surface area (Å²) in [7, 11) is 1.70. The predicted octanol–water partition coefficient (Wildman–Crippen LogP) is 3.18. The van der Waals surface area contributed by atoms with Crippen molar-refractivity contribution in [2.45, 2.75) is 19.4 Å². The first-order valence-electron chi connectivity index (χ1n) is 6.79. The van der Waals surface area contributed by atoms with E-state index in [1.54, 1.807) is 7.11 Å². The maximum absolute atomic E-state index is 10.7. The van der Waals surface area contributed by atoms with Gasteiger partial charge in [-0.05, 0) is 30.2 Å². The van der Waals surface area contributed by atoms with Crippen LogP contribution in [0, 0.1) is 0 Å². The summed E-state index contributed by atoms with van der Waals surface area (Å²) < 4.78 is 5.12. The van der Waals surface area contributed by atoms with Crippen LogP contribution in [-0.4, -0.2) is 24.8 Å². The molecular weight excluding hydrogens is 286 g/mol. The van der Waals surface area contributed by atoms with E-state index in [1.807, 2.05) is 24.3 Å². The van der Waals surface area contributed by atoms with Gasteiger partial charge < -0.3 is 15.2 Å². The van der Waals surface area contributed by atoms with Crippen LogP contribution in [0.1, 0.15) is 15.3 Å². The Bertz CT molecular complexity index is 595. The van der Waals surface area contributed by atoms with Crippen molar-refractivity contribution < 1.29 is 14.6 Å². The van der Waals surface area contributed by atoms with Gasteiger partial charge in [0.2, 0.25) is 0 Å². The molecule has 0 aliphatic rings. The molecule has 2 N–H and O–H groups in total. The van der Waals surface area contributed by atoms with Crippen LogP contribution in [0.3, 0.4) is 0 Å². The van der Waals surface area contributed by atoms with Crippen LogP contribution in [0.5, 0.6) is 0 Å². The maximum Gasteiger partial charge on any atom is 0.308 e. The summed E-state index contributed by atoms with van der Waals surface area (Å²) in [6.07, 6.45) is 0.962. The quantitative estimate of drug-likeness (QED) is 0.786. The first kappa shape index (κ1) is 15.5. The highest BCUT2D eigenvalue weighted by molar-refractivity contribution is 7.12. The largest absolute Gasteiger partial charge is 0.481 e. The van der Waals surface area contributed by atoms with Crippen LogP contribution < -0.4 is 5.32 Å². The van der Waals surface area contributed by atoms with E-state index < -0.39 is 5.97 Å². The second-order valence-corrected chi connectivity index (χ2v) is 5.94. The molecule has 0 spiro atoms. The molecule has 0 aliphatic carbocycles. The molecule has 5 heteroatoms. The molecule has 0 amide bonds. The molecule has 1 heterocycles. The third-order valence-corrected chi connectivity index (χ3v) is 4.17. The van der Waals surface area contributed by atoms with E-state index in [2.05, 4.69) is 17.4 Å². The monoisotopic (exact) mass is 305 g/mol. The molecule has 0 atom stereocenters. The SMILES string of the molecule is COCCc1ccccc1NCc1ccc(CC(=O)O)s1. The number of aliphatic carboxylic acids is 1. The molecule has 0 aliphatic heterocycles. The highest BCUT2D eigenvalue weighted by Gasteiger charge is 2.06. The van der Waals surface area contributed by atoms with E-state index in [9.17, 15) is 4.79 Å². The van der Waals surface area contributed by atoms with E-state index in [0.717, 1.165) is 21.9 Å². The summed E-state index contributed by atoms with van der Waals surface area (Å²) in [6, 6.07) is 12.0. The summed E-state index contributed by atoms with van der Waals surface area (Å²) in [6.45, 7) is 1.40. The number of carbonyl (C=O) groups is 1. The van der Waals surface area contributed by atoms with E-state index in [-0.39, 0.29) is 6.42 Å². The minimum absolute atomic E-state index is 0.0924. The van der Waals surface area contributed by atoms with Gasteiger partial charge in [-0.25, -0.2) is 0 Å². The number of benzene rings is 1. The number of nitrogens with one attached hydrogen (secondary N) is 1. The van der Waals surface area contributed by atoms with Crippen molar-refractivity contribution in [2.24, 2.45) is 0 Å². The highest BCUT2D eigenvalue weighted by atomic mass is 32.1. The molecule has 0 bridgehead atoms. The van der Waals surface area contributed by atoms with Gasteiger partial charge in [-0.3, -0.25) is 4.79 Å². The van der Waals surface area contributed by atoms with Crippen LogP contribution in [0.15, 0.2) is 36.4 Å². The minimum atomic E-state index is -0.790. The number of carboxylic acids is 1. The number of rotatable bonds is 8. The first-order valence-corrected chi connectivity index (χ1v) is 7.61. The molecule has 112 valence electrons. The summed E-state index contributed by atoms with van der Waals surface area (Å²) in [5.41, 5.74) is 2.32. The average Bonchev–Trinajstić information content (AvgIpc) is 2.90. The number of hydrogen-bond donors (Lipinski definition) is 2. The van der Waals surface area contributed by atoms with Gasteiger partial charge in [-0.2, -0.15) is 0 Å². The highest BCUT2D eigenvalue weighted by Crippen LogP contribution is 2.21. The average molecular weight is 305 g/mol. The number of methoxy groups -OCH3 is 1. The van der Waals surface area contributed by atoms with Gasteiger partial charge in [0.25, 0.3) is 0 Å². The van der Waals surface area contributed by atoms with E-state index in [1.165, 1.54) is 16.9 Å². The fourth-order valence-electron chi connectivity index (χ4n) is 2.07. The lowest BCUT2D eigenvalue weighted by atomic mass is 10.1. The number of anilines is 1. The van der Waals surface area contributed by atoms with Gasteiger partial charge in [0.1, 0.15) is 0 Å². The second kappa shape index (κ2) is 7.81. The summed E-state index contributed by atoms with van der Waals surface area (Å²) in [5, 5.41) is 12.2. The number of carboxylic acid groups (broad SMARTS) is 1. The number of ether oxygens (including phenoxy) is 1. The van der Waals surface area contributed by atoms with Gasteiger partial charge in [-0.1, -0.05) is 18.2 Å². The summed E-state index contributed by atoms with van der Waals surface area (Å²) >= 11 is 1.54. The summed E-state index contributed by atoms with van der Waals surface area (Å²) in [4.78, 5) is 12.7. The Hall–Kier alpha value is -1.85. The molecule has 0 saturated heterocycles. The molecule has 1 aromatic heterocycles. The number of para-hydroxylation sites is 1. The fraction of sp³-hybridized carbons (Fsp3) is 0.312. The van der Waals surface area contributed by atoms with Crippen molar-refractivity contribution in [3.05, 3.63) is 51.7 Å². The maximum atomic E-state index is 10.7. The van der Waals surface area contributed by atoms with Crippen LogP contribution in [0.4, 0.5) is 5.69 Å². The lowest BCUT2D eigenvalue weighted by Crippen LogP contribution is -2.03. The summed E-state index contributed by atoms with van der Waals surface area (Å²) in [5.74, 6) is -0.790. The Balaban J connectivity index is 1.96. The fourth-order valence-corrected chi connectivity index (χ4v) is 3.02. The topological polar surface area (TPSA) is 58.6 Å². The molecule has 0 radical (unpaired) electrons. The van der Waals surface area contributed by atoms with Crippen LogP contribution in [0.2, 0.25) is 0 Å². The van der Waals surface area contributed by atoms with Gasteiger partial charge in [-0.15, -0.1) is 11.3 Å². The van der Waals surface area contributed by atoms with Gasteiger partial charge in [0.05, 0.1) is 13.0 Å². The van der Waals surface area contributed by atoms with E-state index in [0.29, 0.717) is 13.2 Å². The Morgan fingerprint density at radius 2 is 2.00 bits per heavy atom. The Morgan fingerprint density at radius 3 is 2.76 bits per heavy atom. The van der Waals surface area contributed by atoms with E-state index in [4.69, 9.17) is 9.84 Å². The first-order chi connectivity index (χ1) is 10.2. The Labute approximate surface area is 128 Å². The lowest BCUT2D eigenvalue weighted by molar-refractivity contribution is -0.136. The molecule has 0 fully saturated rings. The predicted molar refractivity (Wildman–Crippen MR) is 85.0 cm³/mol. The van der Waals surface area contributed by atoms with Gasteiger partial charge in [0, 0.05) is 29.1 Å². The molecule has 2 aromatic rings. The normalized spacial score (nSPS) is 10.5. The number of hydrogen-bond acceptors (Lipinski definition) is 4. The zero-order chi connectivity index (χ0) is 15.1. The molecular formula is C16H19NO3S. The Kier molecular flexibility index (Phi) is 5.78. The minimum Gasteiger partial charge on any atom is -0.481 e. The van der Waals surface area contributed by atoms with Crippen molar-refractivity contribution in [1.82, 2.24) is 0 Å². The third kappa shape index (κ3) is 4.88. The van der Waals surface area contributed by atoms with E-state index >= 15 is 0 Å². The van der Waals surface area contributed by atoms with Crippen molar-refractivity contribution in [2.75, 3.05) is 19.0 Å². The van der Waals surface area contributed by atoms with Crippen LogP contribution in [-0.2, 0) is 28.9 Å². The smallest absolute Gasteiger partial charge is 0.308 e. The Morgan fingerprint density at radius 1 is 1.24 bits per heavy atom.